The molecule has 0 saturated heterocycles. The van der Waals surface area contributed by atoms with Gasteiger partial charge in [-0.15, -0.1) is 0 Å². The molecule has 0 N–H and O–H groups in total. The molecule has 2 heterocycles. The van der Waals surface area contributed by atoms with Gasteiger partial charge < -0.3 is 18.8 Å². The Morgan fingerprint density at radius 1 is 1.16 bits per heavy atom. The van der Waals surface area contributed by atoms with E-state index in [1.165, 1.54) is 0 Å². The fraction of sp³-hybridized carbons (Fsp3) is 0.280. The monoisotopic (exact) mass is 416 g/mol. The van der Waals surface area contributed by atoms with Crippen LogP contribution in [0.2, 0.25) is 0 Å². The van der Waals surface area contributed by atoms with E-state index in [2.05, 4.69) is 10.6 Å². The summed E-state index contributed by atoms with van der Waals surface area (Å²) in [4.78, 5) is 13.2. The first-order chi connectivity index (χ1) is 15.0. The molecule has 31 heavy (non-hydrogen) atoms. The quantitative estimate of drug-likeness (QED) is 0.561. The van der Waals surface area contributed by atoms with Crippen LogP contribution in [0.1, 0.15) is 34.1 Å². The Labute approximate surface area is 181 Å². The Bertz CT molecular complexity index is 1220. The van der Waals surface area contributed by atoms with Crippen LogP contribution in [-0.4, -0.2) is 31.4 Å². The van der Waals surface area contributed by atoms with Crippen molar-refractivity contribution in [1.29, 1.82) is 5.26 Å². The van der Waals surface area contributed by atoms with Gasteiger partial charge in [0.15, 0.2) is 11.5 Å². The lowest BCUT2D eigenvalue weighted by Gasteiger charge is -2.23. The van der Waals surface area contributed by atoms with Crippen molar-refractivity contribution >= 4 is 5.97 Å². The molecule has 1 aromatic heterocycles. The highest BCUT2D eigenvalue weighted by Crippen LogP contribution is 2.45. The number of carbonyl (C=O) groups excluding carboxylic acids is 1. The number of hydrogen-bond donors (Lipinski definition) is 0. The van der Waals surface area contributed by atoms with Crippen molar-refractivity contribution in [2.24, 2.45) is 0 Å². The van der Waals surface area contributed by atoms with E-state index >= 15 is 0 Å². The van der Waals surface area contributed by atoms with Gasteiger partial charge in [0.25, 0.3) is 0 Å². The molecular weight excluding hydrogens is 392 g/mol. The number of nitriles is 1. The Balaban J connectivity index is 2.05. The molecule has 3 aromatic rings. The average molecular weight is 416 g/mol. The number of esters is 1. The van der Waals surface area contributed by atoms with E-state index in [-0.39, 0.29) is 12.6 Å². The molecular formula is C25H24N2O4. The van der Waals surface area contributed by atoms with E-state index in [4.69, 9.17) is 14.2 Å². The number of rotatable bonds is 5. The van der Waals surface area contributed by atoms with Crippen LogP contribution >= 0.6 is 0 Å². The van der Waals surface area contributed by atoms with Gasteiger partial charge in [-0.2, -0.15) is 5.26 Å². The minimum absolute atomic E-state index is 0.277. The summed E-state index contributed by atoms with van der Waals surface area (Å²) in [7, 11) is 3.21. The second kappa shape index (κ2) is 8.19. The van der Waals surface area contributed by atoms with Crippen molar-refractivity contribution in [1.82, 2.24) is 4.57 Å². The van der Waals surface area contributed by atoms with Crippen LogP contribution < -0.4 is 9.47 Å². The maximum absolute atomic E-state index is 13.2. The zero-order valence-electron chi connectivity index (χ0n) is 18.1. The van der Waals surface area contributed by atoms with Crippen LogP contribution in [-0.2, 0) is 17.7 Å². The topological polar surface area (TPSA) is 73.5 Å². The van der Waals surface area contributed by atoms with Gasteiger partial charge >= 0.3 is 5.97 Å². The van der Waals surface area contributed by atoms with Crippen molar-refractivity contribution in [2.45, 2.75) is 26.8 Å². The first kappa shape index (κ1) is 20.5. The number of carbonyl (C=O) groups is 1. The molecule has 0 amide bonds. The second-order valence-electron chi connectivity index (χ2n) is 7.36. The van der Waals surface area contributed by atoms with Crippen LogP contribution in [0.25, 0.3) is 22.4 Å². The van der Waals surface area contributed by atoms with Gasteiger partial charge in [-0.05, 0) is 55.7 Å². The summed E-state index contributed by atoms with van der Waals surface area (Å²) in [6.45, 7) is 4.81. The number of aryl methyl sites for hydroxylation is 1. The van der Waals surface area contributed by atoms with Crippen molar-refractivity contribution in [3.63, 3.8) is 0 Å². The first-order valence-corrected chi connectivity index (χ1v) is 10.2. The third kappa shape index (κ3) is 3.32. The van der Waals surface area contributed by atoms with E-state index in [0.29, 0.717) is 22.6 Å². The number of nitrogens with zero attached hydrogens (tertiary/aromatic N) is 2. The third-order valence-corrected chi connectivity index (χ3v) is 5.75. The molecule has 0 aliphatic carbocycles. The normalized spacial score (nSPS) is 11.8. The maximum atomic E-state index is 13.2. The number of hydrogen-bond acceptors (Lipinski definition) is 5. The molecule has 6 nitrogen and oxygen atoms in total. The number of benzene rings is 2. The average Bonchev–Trinajstić information content (AvgIpc) is 3.11. The highest BCUT2D eigenvalue weighted by atomic mass is 16.5. The zero-order valence-corrected chi connectivity index (χ0v) is 18.1. The van der Waals surface area contributed by atoms with Gasteiger partial charge in [0.05, 0.1) is 43.7 Å². The Kier molecular flexibility index (Phi) is 5.43. The van der Waals surface area contributed by atoms with Crippen LogP contribution in [0.15, 0.2) is 36.4 Å². The third-order valence-electron chi connectivity index (χ3n) is 5.75. The molecule has 0 spiro atoms. The Morgan fingerprint density at radius 3 is 2.58 bits per heavy atom. The molecule has 0 atom stereocenters. The Morgan fingerprint density at radius 2 is 1.90 bits per heavy atom. The first-order valence-electron chi connectivity index (χ1n) is 10.2. The number of methoxy groups -OCH3 is 2. The van der Waals surface area contributed by atoms with Crippen LogP contribution in [0.4, 0.5) is 0 Å². The minimum Gasteiger partial charge on any atom is -0.493 e. The van der Waals surface area contributed by atoms with E-state index in [0.717, 1.165) is 46.6 Å². The SMILES string of the molecule is CCOC(=O)c1c(-c2cccc(C#N)c2)c(C)n2c1-c1cc(OC)c(OC)cc1CC2. The molecule has 158 valence electrons. The molecule has 1 aliphatic heterocycles. The van der Waals surface area contributed by atoms with Gasteiger partial charge in [0, 0.05) is 23.4 Å². The predicted octanol–water partition coefficient (Wildman–Crippen LogP) is 4.75. The lowest BCUT2D eigenvalue weighted by Crippen LogP contribution is -2.15. The van der Waals surface area contributed by atoms with Gasteiger partial charge in [-0.1, -0.05) is 12.1 Å². The summed E-state index contributed by atoms with van der Waals surface area (Å²) >= 11 is 0. The standard InChI is InChI=1S/C25H24N2O4/c1-5-31-25(28)23-22(18-8-6-7-16(11-18)14-26)15(2)27-10-9-17-12-20(29-3)21(30-4)13-19(17)24(23)27/h6-8,11-13H,5,9-10H2,1-4H3. The molecule has 0 radical (unpaired) electrons. The van der Waals surface area contributed by atoms with Crippen LogP contribution in [0.5, 0.6) is 11.5 Å². The largest absolute Gasteiger partial charge is 0.493 e. The molecule has 4 rings (SSSR count). The van der Waals surface area contributed by atoms with E-state index in [1.54, 1.807) is 27.2 Å². The van der Waals surface area contributed by atoms with E-state index < -0.39 is 0 Å². The van der Waals surface area contributed by atoms with Crippen molar-refractivity contribution < 1.29 is 19.0 Å². The van der Waals surface area contributed by atoms with Crippen molar-refractivity contribution in [2.75, 3.05) is 20.8 Å². The molecule has 0 unspecified atom stereocenters. The summed E-state index contributed by atoms with van der Waals surface area (Å²) in [5.74, 6) is 0.897. The van der Waals surface area contributed by atoms with E-state index in [1.807, 2.05) is 37.3 Å². The van der Waals surface area contributed by atoms with Gasteiger partial charge in [0.1, 0.15) is 0 Å². The summed E-state index contributed by atoms with van der Waals surface area (Å²) in [5, 5.41) is 9.37. The van der Waals surface area contributed by atoms with Gasteiger partial charge in [-0.3, -0.25) is 0 Å². The molecule has 0 saturated carbocycles. The van der Waals surface area contributed by atoms with Crippen LogP contribution in [0.3, 0.4) is 0 Å². The number of fused-ring (bicyclic) bond motifs is 3. The number of ether oxygens (including phenoxy) is 3. The molecule has 0 bridgehead atoms. The summed E-state index contributed by atoms with van der Waals surface area (Å²) < 4.78 is 18.6. The maximum Gasteiger partial charge on any atom is 0.340 e. The zero-order chi connectivity index (χ0) is 22.1. The van der Waals surface area contributed by atoms with Crippen molar-refractivity contribution in [3.8, 4) is 40.0 Å². The molecule has 0 fully saturated rings. The van der Waals surface area contributed by atoms with E-state index in [9.17, 15) is 10.1 Å². The highest BCUT2D eigenvalue weighted by molar-refractivity contribution is 6.05. The fourth-order valence-corrected chi connectivity index (χ4v) is 4.38. The minimum atomic E-state index is -0.376. The Hall–Kier alpha value is -3.72. The molecule has 6 heteroatoms. The summed E-state index contributed by atoms with van der Waals surface area (Å²) in [5.41, 5.74) is 6.48. The lowest BCUT2D eigenvalue weighted by atomic mass is 9.93. The smallest absolute Gasteiger partial charge is 0.340 e. The van der Waals surface area contributed by atoms with Crippen molar-refractivity contribution in [3.05, 3.63) is 58.8 Å². The van der Waals surface area contributed by atoms with Gasteiger partial charge in [0.2, 0.25) is 0 Å². The number of aromatic nitrogens is 1. The van der Waals surface area contributed by atoms with Crippen LogP contribution in [0, 0.1) is 18.3 Å². The lowest BCUT2D eigenvalue weighted by molar-refractivity contribution is 0.0528. The molecule has 2 aromatic carbocycles. The summed E-state index contributed by atoms with van der Waals surface area (Å²) in [6.07, 6.45) is 0.804. The predicted molar refractivity (Wildman–Crippen MR) is 118 cm³/mol. The second-order valence-corrected chi connectivity index (χ2v) is 7.36. The highest BCUT2D eigenvalue weighted by Gasteiger charge is 2.32. The fourth-order valence-electron chi connectivity index (χ4n) is 4.38. The van der Waals surface area contributed by atoms with Gasteiger partial charge in [-0.25, -0.2) is 4.79 Å². The summed E-state index contributed by atoms with van der Waals surface area (Å²) in [6, 6.07) is 13.4. The molecule has 1 aliphatic rings.